The number of primary sulfonamides is 1. The molecule has 9 heteroatoms. The Labute approximate surface area is 196 Å². The Balaban J connectivity index is 1.69. The van der Waals surface area contributed by atoms with Crippen LogP contribution in [0.15, 0.2) is 102 Å². The number of anilines is 1. The summed E-state index contributed by atoms with van der Waals surface area (Å²) in [6.07, 6.45) is 3.23. The fourth-order valence-electron chi connectivity index (χ4n) is 3.26. The van der Waals surface area contributed by atoms with Gasteiger partial charge in [0.1, 0.15) is 11.6 Å². The van der Waals surface area contributed by atoms with Crippen molar-refractivity contribution in [3.63, 3.8) is 0 Å². The van der Waals surface area contributed by atoms with Crippen molar-refractivity contribution < 1.29 is 13.2 Å². The largest absolute Gasteiger partial charge is 0.321 e. The molecular formula is C25H19N5O3S. The van der Waals surface area contributed by atoms with Gasteiger partial charge >= 0.3 is 0 Å². The number of hydrogen-bond acceptors (Lipinski definition) is 5. The maximum Gasteiger partial charge on any atom is 0.266 e. The van der Waals surface area contributed by atoms with Gasteiger partial charge in [-0.05, 0) is 42.5 Å². The highest BCUT2D eigenvalue weighted by molar-refractivity contribution is 7.89. The normalized spacial score (nSPS) is 11.6. The second-order valence-electron chi connectivity index (χ2n) is 7.27. The van der Waals surface area contributed by atoms with Crippen LogP contribution >= 0.6 is 0 Å². The van der Waals surface area contributed by atoms with E-state index >= 15 is 0 Å². The summed E-state index contributed by atoms with van der Waals surface area (Å²) >= 11 is 0. The summed E-state index contributed by atoms with van der Waals surface area (Å²) in [5.41, 5.74) is 3.05. The Morgan fingerprint density at radius 3 is 2.18 bits per heavy atom. The molecule has 0 atom stereocenters. The van der Waals surface area contributed by atoms with E-state index in [1.54, 1.807) is 10.9 Å². The number of amides is 1. The van der Waals surface area contributed by atoms with Gasteiger partial charge in [0.2, 0.25) is 10.0 Å². The number of sulfonamides is 1. The summed E-state index contributed by atoms with van der Waals surface area (Å²) in [6.45, 7) is 0. The van der Waals surface area contributed by atoms with Gasteiger partial charge in [-0.15, -0.1) is 0 Å². The number of carbonyl (C=O) groups is 1. The molecule has 0 aliphatic rings. The summed E-state index contributed by atoms with van der Waals surface area (Å²) < 4.78 is 24.5. The molecule has 0 radical (unpaired) electrons. The van der Waals surface area contributed by atoms with Gasteiger partial charge < -0.3 is 5.32 Å². The second kappa shape index (κ2) is 9.54. The van der Waals surface area contributed by atoms with Gasteiger partial charge in [-0.25, -0.2) is 18.2 Å². The van der Waals surface area contributed by atoms with Crippen LogP contribution < -0.4 is 10.5 Å². The standard InChI is InChI=1S/C25H19N5O3S/c26-16-19(25(31)28-21-11-13-23(14-12-21)34(27,32)33)15-20-17-30(22-9-5-2-6-10-22)29-24(20)18-7-3-1-4-8-18/h1-15,17H,(H,28,31)(H2,27,32,33)/b19-15+. The molecule has 3 aromatic carbocycles. The Morgan fingerprint density at radius 2 is 1.59 bits per heavy atom. The van der Waals surface area contributed by atoms with E-state index in [1.165, 1.54) is 30.3 Å². The number of carbonyl (C=O) groups excluding carboxylic acids is 1. The number of hydrogen-bond donors (Lipinski definition) is 2. The van der Waals surface area contributed by atoms with Crippen LogP contribution in [0.25, 0.3) is 23.0 Å². The molecule has 168 valence electrons. The molecule has 0 fully saturated rings. The summed E-state index contributed by atoms with van der Waals surface area (Å²) in [5.74, 6) is -0.641. The zero-order chi connectivity index (χ0) is 24.1. The van der Waals surface area contributed by atoms with E-state index in [0.29, 0.717) is 16.9 Å². The molecular weight excluding hydrogens is 450 g/mol. The van der Waals surface area contributed by atoms with E-state index in [4.69, 9.17) is 5.14 Å². The van der Waals surface area contributed by atoms with Crippen LogP contribution in [0.1, 0.15) is 5.56 Å². The number of benzene rings is 3. The lowest BCUT2D eigenvalue weighted by molar-refractivity contribution is -0.112. The van der Waals surface area contributed by atoms with E-state index in [-0.39, 0.29) is 10.5 Å². The number of aromatic nitrogens is 2. The first-order valence-electron chi connectivity index (χ1n) is 10.1. The molecule has 1 aromatic heterocycles. The molecule has 0 bridgehead atoms. The fourth-order valence-corrected chi connectivity index (χ4v) is 3.77. The van der Waals surface area contributed by atoms with Crippen molar-refractivity contribution in [1.82, 2.24) is 9.78 Å². The molecule has 0 unspecified atom stereocenters. The van der Waals surface area contributed by atoms with Crippen LogP contribution in [-0.2, 0) is 14.8 Å². The van der Waals surface area contributed by atoms with Gasteiger partial charge in [0.25, 0.3) is 5.91 Å². The Morgan fingerprint density at radius 1 is 0.971 bits per heavy atom. The lowest BCUT2D eigenvalue weighted by Crippen LogP contribution is -2.14. The molecule has 34 heavy (non-hydrogen) atoms. The predicted octanol–water partition coefficient (Wildman–Crippen LogP) is 3.73. The number of nitrogens with zero attached hydrogens (tertiary/aromatic N) is 3. The first-order chi connectivity index (χ1) is 16.3. The quantitative estimate of drug-likeness (QED) is 0.328. The Bertz CT molecular complexity index is 1500. The molecule has 0 saturated carbocycles. The third-order valence-electron chi connectivity index (χ3n) is 4.92. The minimum absolute atomic E-state index is 0.0811. The third-order valence-corrected chi connectivity index (χ3v) is 5.85. The highest BCUT2D eigenvalue weighted by Gasteiger charge is 2.16. The van der Waals surface area contributed by atoms with Crippen LogP contribution in [0.3, 0.4) is 0 Å². The van der Waals surface area contributed by atoms with Gasteiger partial charge in [-0.1, -0.05) is 48.5 Å². The molecule has 4 aromatic rings. The molecule has 1 heterocycles. The molecule has 3 N–H and O–H groups in total. The van der Waals surface area contributed by atoms with Crippen molar-refractivity contribution in [2.45, 2.75) is 4.90 Å². The lowest BCUT2D eigenvalue weighted by atomic mass is 10.1. The molecule has 1 amide bonds. The van der Waals surface area contributed by atoms with Gasteiger partial charge in [0.05, 0.1) is 16.3 Å². The van der Waals surface area contributed by atoms with Crippen LogP contribution in [0.4, 0.5) is 5.69 Å². The van der Waals surface area contributed by atoms with Crippen LogP contribution in [-0.4, -0.2) is 24.1 Å². The van der Waals surface area contributed by atoms with Crippen molar-refractivity contribution in [1.29, 1.82) is 5.26 Å². The predicted molar refractivity (Wildman–Crippen MR) is 129 cm³/mol. The molecule has 4 rings (SSSR count). The minimum Gasteiger partial charge on any atom is -0.321 e. The zero-order valence-corrected chi connectivity index (χ0v) is 18.6. The highest BCUT2D eigenvalue weighted by Crippen LogP contribution is 2.26. The van der Waals surface area contributed by atoms with E-state index in [2.05, 4.69) is 10.4 Å². The average Bonchev–Trinajstić information content (AvgIpc) is 3.27. The number of nitrogens with one attached hydrogen (secondary N) is 1. The summed E-state index contributed by atoms with van der Waals surface area (Å²) in [5, 5.41) is 22.0. The van der Waals surface area contributed by atoms with Crippen molar-refractivity contribution in [3.05, 3.63) is 102 Å². The monoisotopic (exact) mass is 469 g/mol. The molecule has 0 spiro atoms. The van der Waals surface area contributed by atoms with Gasteiger partial charge in [-0.2, -0.15) is 10.4 Å². The zero-order valence-electron chi connectivity index (χ0n) is 17.8. The lowest BCUT2D eigenvalue weighted by Gasteiger charge is -2.05. The average molecular weight is 470 g/mol. The van der Waals surface area contributed by atoms with Crippen molar-refractivity contribution >= 4 is 27.7 Å². The second-order valence-corrected chi connectivity index (χ2v) is 8.83. The highest BCUT2D eigenvalue weighted by atomic mass is 32.2. The molecule has 0 aliphatic carbocycles. The van der Waals surface area contributed by atoms with E-state index < -0.39 is 15.9 Å². The van der Waals surface area contributed by atoms with Gasteiger partial charge in [0.15, 0.2) is 0 Å². The maximum absolute atomic E-state index is 12.8. The first kappa shape index (κ1) is 22.7. The van der Waals surface area contributed by atoms with Crippen molar-refractivity contribution in [3.8, 4) is 23.0 Å². The maximum atomic E-state index is 12.8. The van der Waals surface area contributed by atoms with Crippen molar-refractivity contribution in [2.75, 3.05) is 5.32 Å². The first-order valence-corrected chi connectivity index (χ1v) is 11.7. The number of para-hydroxylation sites is 1. The number of nitrogens with two attached hydrogens (primary N) is 1. The molecule has 0 aliphatic heterocycles. The number of nitriles is 1. The van der Waals surface area contributed by atoms with E-state index in [1.807, 2.05) is 66.7 Å². The van der Waals surface area contributed by atoms with Gasteiger partial charge in [0, 0.05) is 23.0 Å². The summed E-state index contributed by atoms with van der Waals surface area (Å²) in [6, 6.07) is 26.2. The van der Waals surface area contributed by atoms with Crippen LogP contribution in [0.2, 0.25) is 0 Å². The smallest absolute Gasteiger partial charge is 0.266 e. The van der Waals surface area contributed by atoms with Gasteiger partial charge in [-0.3, -0.25) is 4.79 Å². The molecule has 8 nitrogen and oxygen atoms in total. The summed E-state index contributed by atoms with van der Waals surface area (Å²) in [4.78, 5) is 12.7. The molecule has 0 saturated heterocycles. The fraction of sp³-hybridized carbons (Fsp3) is 0. The van der Waals surface area contributed by atoms with Crippen LogP contribution in [0, 0.1) is 11.3 Å². The number of rotatable bonds is 6. The minimum atomic E-state index is -3.85. The van der Waals surface area contributed by atoms with Crippen molar-refractivity contribution in [2.24, 2.45) is 5.14 Å². The van der Waals surface area contributed by atoms with E-state index in [0.717, 1.165) is 11.3 Å². The summed E-state index contributed by atoms with van der Waals surface area (Å²) in [7, 11) is -3.85. The third kappa shape index (κ3) is 5.10. The topological polar surface area (TPSA) is 131 Å². The SMILES string of the molecule is N#C/C(=C\c1cn(-c2ccccc2)nc1-c1ccccc1)C(=O)Nc1ccc(S(N)(=O)=O)cc1. The Hall–Kier alpha value is -4.52. The van der Waals surface area contributed by atoms with E-state index in [9.17, 15) is 18.5 Å². The van der Waals surface area contributed by atoms with Crippen LogP contribution in [0.5, 0.6) is 0 Å². The Kier molecular flexibility index (Phi) is 6.36.